The number of fused-ring (bicyclic) bond motifs is 1. The average Bonchev–Trinajstić information content (AvgIpc) is 3.52. The van der Waals surface area contributed by atoms with E-state index in [0.717, 1.165) is 11.3 Å². The Morgan fingerprint density at radius 3 is 2.71 bits per heavy atom. The van der Waals surface area contributed by atoms with Gasteiger partial charge in [-0.3, -0.25) is 18.9 Å². The van der Waals surface area contributed by atoms with Crippen molar-refractivity contribution >= 4 is 57.1 Å². The van der Waals surface area contributed by atoms with Crippen LogP contribution in [0, 0.1) is 13.8 Å². The zero-order valence-electron chi connectivity index (χ0n) is 20.3. The Labute approximate surface area is 226 Å². The molecule has 9 nitrogen and oxygen atoms in total. The minimum Gasteiger partial charge on any atom is -0.505 e. The van der Waals surface area contributed by atoms with Gasteiger partial charge in [-0.2, -0.15) is 0 Å². The summed E-state index contributed by atoms with van der Waals surface area (Å²) in [4.78, 5) is 49.8. The van der Waals surface area contributed by atoms with E-state index in [2.05, 4.69) is 16.5 Å². The van der Waals surface area contributed by atoms with Gasteiger partial charge in [-0.1, -0.05) is 53.8 Å². The van der Waals surface area contributed by atoms with Crippen LogP contribution in [0.3, 0.4) is 0 Å². The van der Waals surface area contributed by atoms with Crippen LogP contribution in [0.25, 0.3) is 11.4 Å². The Morgan fingerprint density at radius 2 is 1.97 bits per heavy atom. The van der Waals surface area contributed by atoms with E-state index in [-0.39, 0.29) is 33.6 Å². The molecule has 11 heteroatoms. The van der Waals surface area contributed by atoms with Gasteiger partial charge in [0.2, 0.25) is 0 Å². The molecule has 0 spiro atoms. The number of pyridine rings is 1. The van der Waals surface area contributed by atoms with Gasteiger partial charge < -0.3 is 9.84 Å². The predicted octanol–water partition coefficient (Wildman–Crippen LogP) is 5.03. The van der Waals surface area contributed by atoms with Gasteiger partial charge >= 0.3 is 11.9 Å². The first-order valence-electron chi connectivity index (χ1n) is 11.5. The lowest BCUT2D eigenvalue weighted by atomic mass is 9.96. The van der Waals surface area contributed by atoms with Crippen LogP contribution in [-0.4, -0.2) is 43.7 Å². The van der Waals surface area contributed by atoms with Gasteiger partial charge in [0.05, 0.1) is 23.0 Å². The number of ether oxygens (including phenoxy) is 1. The summed E-state index contributed by atoms with van der Waals surface area (Å²) >= 11 is 7.19. The molecule has 1 atom stereocenters. The molecule has 1 aliphatic heterocycles. The number of amides is 1. The molecule has 1 aliphatic rings. The summed E-state index contributed by atoms with van der Waals surface area (Å²) in [5.41, 5.74) is 2.00. The zero-order chi connectivity index (χ0) is 27.1. The van der Waals surface area contributed by atoms with Crippen molar-refractivity contribution in [3.05, 3.63) is 99.4 Å². The minimum absolute atomic E-state index is 0.0111. The second kappa shape index (κ2) is 9.88. The Bertz CT molecular complexity index is 1670. The smallest absolute Gasteiger partial charge is 0.350 e. The number of aliphatic hydroxyl groups excluding tert-OH is 1. The van der Waals surface area contributed by atoms with E-state index in [1.54, 1.807) is 66.9 Å². The number of anilines is 1. The van der Waals surface area contributed by atoms with Crippen molar-refractivity contribution in [2.75, 3.05) is 11.5 Å². The molecule has 1 N–H and O–H groups in total. The monoisotopic (exact) mass is 548 g/mol. The first-order chi connectivity index (χ1) is 18.2. The molecule has 3 aromatic heterocycles. The van der Waals surface area contributed by atoms with Crippen LogP contribution in [-0.2, 0) is 14.3 Å². The number of ketones is 1. The summed E-state index contributed by atoms with van der Waals surface area (Å²) in [6, 6.07) is 10.9. The molecule has 4 aromatic rings. The molecule has 0 radical (unpaired) electrons. The summed E-state index contributed by atoms with van der Waals surface area (Å²) < 4.78 is 6.79. The molecule has 4 heterocycles. The van der Waals surface area contributed by atoms with Crippen LogP contribution in [0.4, 0.5) is 5.13 Å². The highest BCUT2D eigenvalue weighted by atomic mass is 35.5. The van der Waals surface area contributed by atoms with Crippen LogP contribution in [0.2, 0.25) is 5.02 Å². The van der Waals surface area contributed by atoms with Gasteiger partial charge in [0.25, 0.3) is 5.78 Å². The van der Waals surface area contributed by atoms with Crippen molar-refractivity contribution in [2.45, 2.75) is 19.9 Å². The van der Waals surface area contributed by atoms with Gasteiger partial charge in [-0.15, -0.1) is 0 Å². The number of nitrogens with zero attached hydrogens (tertiary/aromatic N) is 4. The molecule has 0 saturated carbocycles. The normalized spacial score (nSPS) is 16.8. The molecule has 38 heavy (non-hydrogen) atoms. The quantitative estimate of drug-likeness (QED) is 0.118. The van der Waals surface area contributed by atoms with E-state index in [1.807, 2.05) is 0 Å². The van der Waals surface area contributed by atoms with Crippen LogP contribution in [0.15, 0.2) is 66.9 Å². The van der Waals surface area contributed by atoms with Gasteiger partial charge in [0, 0.05) is 11.2 Å². The lowest BCUT2D eigenvalue weighted by molar-refractivity contribution is -0.132. The highest BCUT2D eigenvalue weighted by Crippen LogP contribution is 2.44. The Balaban J connectivity index is 1.72. The van der Waals surface area contributed by atoms with E-state index in [4.69, 9.17) is 16.3 Å². The van der Waals surface area contributed by atoms with Crippen LogP contribution in [0.1, 0.15) is 38.4 Å². The number of rotatable bonds is 6. The second-order valence-electron chi connectivity index (χ2n) is 8.50. The van der Waals surface area contributed by atoms with Crippen molar-refractivity contribution in [1.82, 2.24) is 14.4 Å². The second-order valence-corrected chi connectivity index (χ2v) is 9.91. The lowest BCUT2D eigenvalue weighted by Crippen LogP contribution is -2.29. The third kappa shape index (κ3) is 4.17. The number of aryl methyl sites for hydroxylation is 2. The Kier molecular flexibility index (Phi) is 6.60. The van der Waals surface area contributed by atoms with Crippen LogP contribution < -0.4 is 4.90 Å². The molecular formula is C27H21ClN4O5S. The van der Waals surface area contributed by atoms with E-state index >= 15 is 0 Å². The largest absolute Gasteiger partial charge is 0.505 e. The maximum Gasteiger partial charge on any atom is 0.350 e. The summed E-state index contributed by atoms with van der Waals surface area (Å²) in [6.45, 7) is 6.86. The molecule has 1 unspecified atom stereocenters. The van der Waals surface area contributed by atoms with Gasteiger partial charge in [0.1, 0.15) is 22.8 Å². The van der Waals surface area contributed by atoms with E-state index in [1.165, 1.54) is 11.0 Å². The van der Waals surface area contributed by atoms with Gasteiger partial charge in [0.15, 0.2) is 10.9 Å². The maximum absolute atomic E-state index is 13.5. The summed E-state index contributed by atoms with van der Waals surface area (Å²) in [5.74, 6) is -2.81. The Morgan fingerprint density at radius 1 is 1.18 bits per heavy atom. The topological polar surface area (TPSA) is 114 Å². The first-order valence-corrected chi connectivity index (χ1v) is 12.7. The molecule has 1 aromatic carbocycles. The molecular weight excluding hydrogens is 528 g/mol. The third-order valence-corrected chi connectivity index (χ3v) is 7.42. The maximum atomic E-state index is 13.5. The fourth-order valence-corrected chi connectivity index (χ4v) is 5.61. The first kappa shape index (κ1) is 25.4. The van der Waals surface area contributed by atoms with Crippen molar-refractivity contribution in [1.29, 1.82) is 0 Å². The Hall–Kier alpha value is -4.28. The fraction of sp³-hybridized carbons (Fsp3) is 0.148. The fourth-order valence-electron chi connectivity index (χ4n) is 4.42. The zero-order valence-corrected chi connectivity index (χ0v) is 21.9. The SMILES string of the molecule is C=CCOC(=O)c1sc(N2C(=O)C(=O)/C(=C(/O)c3c(C)nc4ccccn34)C2c2cccc(Cl)c2)nc1C. The van der Waals surface area contributed by atoms with Crippen LogP contribution in [0.5, 0.6) is 0 Å². The van der Waals surface area contributed by atoms with Crippen molar-refractivity contribution < 1.29 is 24.2 Å². The molecule has 1 fully saturated rings. The molecule has 1 amide bonds. The standard InChI is InChI=1S/C27H21ClN4O5S/c1-4-12-37-26(36)24-15(3)30-27(38-24)32-21(16-8-7-9-17(28)13-16)19(23(34)25(32)35)22(33)20-14(2)29-18-10-5-6-11-31(18)20/h4-11,13,21,33H,1,12H2,2-3H3/b22-19+. The average molecular weight is 549 g/mol. The molecule has 0 bridgehead atoms. The third-order valence-electron chi connectivity index (χ3n) is 6.05. The van der Waals surface area contributed by atoms with Crippen molar-refractivity contribution in [3.8, 4) is 0 Å². The molecule has 0 aliphatic carbocycles. The summed E-state index contributed by atoms with van der Waals surface area (Å²) in [7, 11) is 0. The van der Waals surface area contributed by atoms with E-state index in [9.17, 15) is 19.5 Å². The van der Waals surface area contributed by atoms with Crippen LogP contribution >= 0.6 is 22.9 Å². The highest BCUT2D eigenvalue weighted by molar-refractivity contribution is 7.17. The number of halogens is 1. The van der Waals surface area contributed by atoms with Gasteiger partial charge in [-0.05, 0) is 43.7 Å². The number of esters is 1. The predicted molar refractivity (Wildman–Crippen MR) is 143 cm³/mol. The summed E-state index contributed by atoms with van der Waals surface area (Å²) in [5, 5.41) is 12.1. The van der Waals surface area contributed by atoms with Crippen molar-refractivity contribution in [3.63, 3.8) is 0 Å². The summed E-state index contributed by atoms with van der Waals surface area (Å²) in [6.07, 6.45) is 3.15. The number of benzene rings is 1. The number of aromatic nitrogens is 3. The number of imidazole rings is 1. The number of carbonyl (C=O) groups excluding carboxylic acids is 3. The minimum atomic E-state index is -1.06. The lowest BCUT2D eigenvalue weighted by Gasteiger charge is -2.23. The molecule has 192 valence electrons. The number of thiazole rings is 1. The molecule has 1 saturated heterocycles. The number of hydrogen-bond donors (Lipinski definition) is 1. The van der Waals surface area contributed by atoms with Crippen molar-refractivity contribution in [2.24, 2.45) is 0 Å². The molecule has 5 rings (SSSR count). The number of aliphatic hydroxyl groups is 1. The highest BCUT2D eigenvalue weighted by Gasteiger charge is 2.49. The number of Topliss-reactive ketones (excluding diaryl/α,β-unsaturated/α-hetero) is 1. The number of carbonyl (C=O) groups is 3. The van der Waals surface area contributed by atoms with E-state index in [0.29, 0.717) is 27.6 Å². The van der Waals surface area contributed by atoms with Gasteiger partial charge in [-0.25, -0.2) is 14.8 Å². The van der Waals surface area contributed by atoms with E-state index < -0.39 is 23.7 Å². The number of hydrogen-bond acceptors (Lipinski definition) is 8.